The average Bonchev–Trinajstić information content (AvgIpc) is 2.43. The van der Waals surface area contributed by atoms with Crippen LogP contribution in [0.4, 0.5) is 0 Å². The molecule has 0 radical (unpaired) electrons. The minimum atomic E-state index is 0.654. The van der Waals surface area contributed by atoms with Crippen LogP contribution in [0.2, 0.25) is 0 Å². The van der Waals surface area contributed by atoms with E-state index in [-0.39, 0.29) is 0 Å². The van der Waals surface area contributed by atoms with Gasteiger partial charge in [-0.1, -0.05) is 0 Å². The Morgan fingerprint density at radius 1 is 0.421 bits per heavy atom. The summed E-state index contributed by atoms with van der Waals surface area (Å²) in [5.74, 6) is 0. The molecule has 114 valence electrons. The first-order chi connectivity index (χ1) is 9.50. The van der Waals surface area contributed by atoms with Gasteiger partial charge in [-0.15, -0.1) is 0 Å². The molecule has 0 atom stereocenters. The van der Waals surface area contributed by atoms with E-state index in [1.165, 1.54) is 0 Å². The molecule has 0 saturated carbocycles. The van der Waals surface area contributed by atoms with Gasteiger partial charge in [0.2, 0.25) is 0 Å². The fourth-order valence-electron chi connectivity index (χ4n) is 1.62. The van der Waals surface area contributed by atoms with E-state index >= 15 is 0 Å². The Morgan fingerprint density at radius 3 is 1.21 bits per heavy atom. The van der Waals surface area contributed by atoms with Crippen LogP contribution in [0.15, 0.2) is 0 Å². The Kier molecular flexibility index (Phi) is 12.5. The van der Waals surface area contributed by atoms with Crippen molar-refractivity contribution in [2.45, 2.75) is 6.42 Å². The van der Waals surface area contributed by atoms with Crippen LogP contribution in [0, 0.1) is 0 Å². The van der Waals surface area contributed by atoms with Crippen LogP contribution in [0.1, 0.15) is 6.42 Å². The van der Waals surface area contributed by atoms with Gasteiger partial charge in [-0.2, -0.15) is 0 Å². The summed E-state index contributed by atoms with van der Waals surface area (Å²) in [6.07, 6.45) is 0.951. The number of nitrogens with one attached hydrogen (secondary N) is 2. The molecule has 1 heterocycles. The summed E-state index contributed by atoms with van der Waals surface area (Å²) in [4.78, 5) is 0. The predicted octanol–water partition coefficient (Wildman–Crippen LogP) is -0.364. The van der Waals surface area contributed by atoms with E-state index in [9.17, 15) is 0 Å². The van der Waals surface area contributed by atoms with E-state index in [2.05, 4.69) is 10.6 Å². The van der Waals surface area contributed by atoms with Gasteiger partial charge in [0.05, 0.1) is 39.6 Å². The third-order valence-corrected chi connectivity index (χ3v) is 2.64. The maximum Gasteiger partial charge on any atom is 0.0701 e. The second kappa shape index (κ2) is 14.2. The Bertz CT molecular complexity index is 103. The first kappa shape index (κ1) is 16.8. The number of rotatable bonds is 0. The minimum absolute atomic E-state index is 0.654. The molecule has 6 nitrogen and oxygen atoms in total. The Morgan fingerprint density at radius 2 is 0.789 bits per heavy atom. The van der Waals surface area contributed by atoms with E-state index in [4.69, 9.17) is 18.9 Å². The summed E-state index contributed by atoms with van der Waals surface area (Å²) < 4.78 is 21.8. The van der Waals surface area contributed by atoms with Gasteiger partial charge in [0.25, 0.3) is 0 Å². The normalized spacial score (nSPS) is 24.0. The molecular weight excluding hydrogens is 248 g/mol. The van der Waals surface area contributed by atoms with Crippen molar-refractivity contribution < 1.29 is 18.9 Å². The van der Waals surface area contributed by atoms with Crippen molar-refractivity contribution in [2.24, 2.45) is 0 Å². The molecule has 0 aromatic heterocycles. The number of ether oxygens (including phenoxy) is 4. The maximum atomic E-state index is 5.48. The number of hydrogen-bond donors (Lipinski definition) is 2. The zero-order valence-corrected chi connectivity index (χ0v) is 11.8. The van der Waals surface area contributed by atoms with Crippen molar-refractivity contribution >= 4 is 0 Å². The lowest BCUT2D eigenvalue weighted by atomic mass is 10.5. The molecule has 0 spiro atoms. The molecule has 1 fully saturated rings. The van der Waals surface area contributed by atoms with Crippen molar-refractivity contribution in [1.82, 2.24) is 10.6 Å². The van der Waals surface area contributed by atoms with Gasteiger partial charge >= 0.3 is 0 Å². The SMILES string of the molecule is C1COCCNCCOCCOCCNCCOC1. The third-order valence-electron chi connectivity index (χ3n) is 2.64. The van der Waals surface area contributed by atoms with Crippen LogP contribution >= 0.6 is 0 Å². The molecule has 0 aliphatic carbocycles. The highest BCUT2D eigenvalue weighted by molar-refractivity contribution is 4.48. The van der Waals surface area contributed by atoms with Gasteiger partial charge in [-0.25, -0.2) is 0 Å². The van der Waals surface area contributed by atoms with Gasteiger partial charge in [-0.05, 0) is 6.42 Å². The molecule has 1 rings (SSSR count). The van der Waals surface area contributed by atoms with Gasteiger partial charge in [0.1, 0.15) is 0 Å². The molecule has 0 amide bonds. The zero-order chi connectivity index (χ0) is 13.4. The maximum absolute atomic E-state index is 5.48. The topological polar surface area (TPSA) is 61.0 Å². The summed E-state index contributed by atoms with van der Waals surface area (Å²) in [5, 5.41) is 6.53. The highest BCUT2D eigenvalue weighted by atomic mass is 16.5. The van der Waals surface area contributed by atoms with Crippen LogP contribution in [0.3, 0.4) is 0 Å². The largest absolute Gasteiger partial charge is 0.380 e. The molecule has 0 aromatic rings. The van der Waals surface area contributed by atoms with Gasteiger partial charge in [-0.3, -0.25) is 0 Å². The lowest BCUT2D eigenvalue weighted by molar-refractivity contribution is 0.0491. The molecular formula is C13H28N2O4. The van der Waals surface area contributed by atoms with Crippen molar-refractivity contribution in [2.75, 3.05) is 79.0 Å². The Balaban J connectivity index is 2.01. The molecule has 0 unspecified atom stereocenters. The first-order valence-electron chi connectivity index (χ1n) is 7.22. The average molecular weight is 276 g/mol. The predicted molar refractivity (Wildman–Crippen MR) is 73.6 cm³/mol. The van der Waals surface area contributed by atoms with Gasteiger partial charge in [0.15, 0.2) is 0 Å². The van der Waals surface area contributed by atoms with Crippen molar-refractivity contribution in [1.29, 1.82) is 0 Å². The lowest BCUT2D eigenvalue weighted by Gasteiger charge is -2.07. The van der Waals surface area contributed by atoms with E-state index in [1.807, 2.05) is 0 Å². The van der Waals surface area contributed by atoms with Gasteiger partial charge < -0.3 is 29.6 Å². The fourth-order valence-corrected chi connectivity index (χ4v) is 1.62. The van der Waals surface area contributed by atoms with Crippen LogP contribution in [0.5, 0.6) is 0 Å². The second-order valence-electron chi connectivity index (χ2n) is 4.30. The molecule has 0 bridgehead atoms. The second-order valence-corrected chi connectivity index (χ2v) is 4.30. The van der Waals surface area contributed by atoms with Crippen LogP contribution in [0.25, 0.3) is 0 Å². The minimum Gasteiger partial charge on any atom is -0.380 e. The Hall–Kier alpha value is -0.240. The van der Waals surface area contributed by atoms with Crippen molar-refractivity contribution in [3.63, 3.8) is 0 Å². The van der Waals surface area contributed by atoms with E-state index < -0.39 is 0 Å². The van der Waals surface area contributed by atoms with Gasteiger partial charge in [0, 0.05) is 39.4 Å². The summed E-state index contributed by atoms with van der Waals surface area (Å²) in [7, 11) is 0. The fraction of sp³-hybridized carbons (Fsp3) is 1.00. The standard InChI is InChI=1S/C13H28N2O4/c1-6-16-8-2-14-4-10-18-12-13-19-11-5-15-3-9-17-7-1/h14-15H,1-13H2. The highest BCUT2D eigenvalue weighted by Crippen LogP contribution is 1.85. The summed E-state index contributed by atoms with van der Waals surface area (Å²) in [6, 6.07) is 0. The molecule has 1 aliphatic heterocycles. The third kappa shape index (κ3) is 12.5. The summed E-state index contributed by atoms with van der Waals surface area (Å²) in [6.45, 7) is 9.19. The summed E-state index contributed by atoms with van der Waals surface area (Å²) >= 11 is 0. The van der Waals surface area contributed by atoms with Crippen molar-refractivity contribution in [3.05, 3.63) is 0 Å². The highest BCUT2D eigenvalue weighted by Gasteiger charge is 1.94. The van der Waals surface area contributed by atoms with Crippen LogP contribution in [-0.4, -0.2) is 79.0 Å². The van der Waals surface area contributed by atoms with E-state index in [0.29, 0.717) is 13.2 Å². The molecule has 19 heavy (non-hydrogen) atoms. The lowest BCUT2D eigenvalue weighted by Crippen LogP contribution is -2.25. The molecule has 1 saturated heterocycles. The summed E-state index contributed by atoms with van der Waals surface area (Å²) in [5.41, 5.74) is 0. The molecule has 6 heteroatoms. The molecule has 1 aliphatic rings. The smallest absolute Gasteiger partial charge is 0.0701 e. The molecule has 2 N–H and O–H groups in total. The Labute approximate surface area is 116 Å². The van der Waals surface area contributed by atoms with E-state index in [1.54, 1.807) is 0 Å². The monoisotopic (exact) mass is 276 g/mol. The zero-order valence-electron chi connectivity index (χ0n) is 11.8. The van der Waals surface area contributed by atoms with Crippen LogP contribution < -0.4 is 10.6 Å². The van der Waals surface area contributed by atoms with E-state index in [0.717, 1.165) is 72.2 Å². The van der Waals surface area contributed by atoms with Crippen LogP contribution in [-0.2, 0) is 18.9 Å². The first-order valence-corrected chi connectivity index (χ1v) is 7.22. The van der Waals surface area contributed by atoms with Crippen molar-refractivity contribution in [3.8, 4) is 0 Å². The molecule has 0 aromatic carbocycles. The quantitative estimate of drug-likeness (QED) is 0.630. The number of hydrogen-bond acceptors (Lipinski definition) is 6.